The number of methoxy groups -OCH3 is 1. The maximum absolute atomic E-state index is 12.8. The van der Waals surface area contributed by atoms with E-state index in [-0.39, 0.29) is 11.6 Å². The first kappa shape index (κ1) is 21.0. The summed E-state index contributed by atoms with van der Waals surface area (Å²) in [5.41, 5.74) is 8.05. The topological polar surface area (TPSA) is 89.6 Å². The maximum Gasteiger partial charge on any atom is 0.387 e. The van der Waals surface area contributed by atoms with Gasteiger partial charge in [0.2, 0.25) is 5.95 Å². The minimum absolute atomic E-state index is 0.0678. The Labute approximate surface area is 191 Å². The Morgan fingerprint density at radius 1 is 1.15 bits per heavy atom. The van der Waals surface area contributed by atoms with Crippen LogP contribution in [0.3, 0.4) is 0 Å². The Hall–Kier alpha value is -2.59. The van der Waals surface area contributed by atoms with Crippen molar-refractivity contribution in [3.05, 3.63) is 24.0 Å². The fourth-order valence-corrected chi connectivity index (χ4v) is 5.92. The van der Waals surface area contributed by atoms with Gasteiger partial charge < -0.3 is 25.0 Å². The predicted molar refractivity (Wildman–Crippen MR) is 118 cm³/mol. The molecule has 2 saturated carbocycles. The van der Waals surface area contributed by atoms with Gasteiger partial charge in [-0.2, -0.15) is 8.78 Å². The normalized spacial score (nSPS) is 29.9. The first-order valence-electron chi connectivity index (χ1n) is 11.6. The van der Waals surface area contributed by atoms with E-state index in [2.05, 4.69) is 19.5 Å². The molecule has 5 fully saturated rings. The summed E-state index contributed by atoms with van der Waals surface area (Å²) < 4.78 is 35.4. The molecule has 0 unspecified atom stereocenters. The van der Waals surface area contributed by atoms with Gasteiger partial charge >= 0.3 is 6.61 Å². The molecule has 8 nitrogen and oxygen atoms in total. The number of piperidine rings is 1. The third-order valence-corrected chi connectivity index (χ3v) is 7.71. The molecule has 0 radical (unpaired) electrons. The number of likely N-dealkylation sites (tertiary alicyclic amines) is 1. The van der Waals surface area contributed by atoms with Crippen LogP contribution in [0.4, 0.5) is 20.5 Å². The molecule has 3 atom stereocenters. The molecule has 2 N–H and O–H groups in total. The number of hydrogen-bond donors (Lipinski definition) is 1. The van der Waals surface area contributed by atoms with E-state index < -0.39 is 6.61 Å². The van der Waals surface area contributed by atoms with E-state index in [0.717, 1.165) is 50.3 Å². The van der Waals surface area contributed by atoms with E-state index in [9.17, 15) is 8.78 Å². The summed E-state index contributed by atoms with van der Waals surface area (Å²) in [6.45, 7) is 1.82. The highest BCUT2D eigenvalue weighted by Crippen LogP contribution is 2.58. The van der Waals surface area contributed by atoms with Crippen molar-refractivity contribution < 1.29 is 18.3 Å². The average molecular weight is 459 g/mol. The number of fused-ring (bicyclic) bond motifs is 2. The van der Waals surface area contributed by atoms with Crippen LogP contribution >= 0.6 is 0 Å². The smallest absolute Gasteiger partial charge is 0.387 e. The van der Waals surface area contributed by atoms with E-state index in [1.165, 1.54) is 18.9 Å². The number of anilines is 2. The van der Waals surface area contributed by atoms with Crippen LogP contribution in [0.25, 0.3) is 11.3 Å². The van der Waals surface area contributed by atoms with Crippen molar-refractivity contribution in [3.63, 3.8) is 0 Å². The summed E-state index contributed by atoms with van der Waals surface area (Å²) in [5.74, 6) is 2.84. The largest absolute Gasteiger partial charge is 0.431 e. The van der Waals surface area contributed by atoms with Gasteiger partial charge in [0.15, 0.2) is 11.6 Å². The zero-order valence-electron chi connectivity index (χ0n) is 18.5. The van der Waals surface area contributed by atoms with Crippen molar-refractivity contribution >= 4 is 11.8 Å². The summed E-state index contributed by atoms with van der Waals surface area (Å²) in [5, 5.41) is 0. The molecule has 2 aliphatic carbocycles. The first-order chi connectivity index (χ1) is 16.0. The van der Waals surface area contributed by atoms with Crippen LogP contribution < -0.4 is 15.4 Å². The number of halogens is 2. The molecule has 33 heavy (non-hydrogen) atoms. The van der Waals surface area contributed by atoms with Crippen molar-refractivity contribution in [1.29, 1.82) is 0 Å². The molecule has 2 bridgehead atoms. The number of hydrogen-bond acceptors (Lipinski definition) is 8. The molecule has 3 aliphatic heterocycles. The van der Waals surface area contributed by atoms with Crippen LogP contribution in [0.15, 0.2) is 18.3 Å². The van der Waals surface area contributed by atoms with Crippen LogP contribution in [0.2, 0.25) is 0 Å². The fraction of sp³-hybridized carbons (Fsp3) is 0.609. The Bertz CT molecular complexity index is 1040. The van der Waals surface area contributed by atoms with Gasteiger partial charge in [-0.1, -0.05) is 0 Å². The van der Waals surface area contributed by atoms with Gasteiger partial charge in [0, 0.05) is 57.0 Å². The maximum atomic E-state index is 12.8. The molecule has 2 aromatic heterocycles. The van der Waals surface area contributed by atoms with Crippen molar-refractivity contribution in [2.45, 2.75) is 31.4 Å². The molecule has 3 saturated heterocycles. The number of nitrogen functional groups attached to an aromatic ring is 1. The van der Waals surface area contributed by atoms with Crippen molar-refractivity contribution in [3.8, 4) is 17.0 Å². The summed E-state index contributed by atoms with van der Waals surface area (Å²) in [4.78, 5) is 18.7. The Kier molecular flexibility index (Phi) is 5.10. The molecule has 0 aromatic carbocycles. The van der Waals surface area contributed by atoms with Crippen LogP contribution in [0, 0.1) is 17.8 Å². The number of nitrogens with zero attached hydrogens (tertiary/aromatic N) is 5. The number of aromatic nitrogens is 3. The molecule has 0 amide bonds. The lowest BCUT2D eigenvalue weighted by Gasteiger charge is -2.26. The monoisotopic (exact) mass is 458 g/mol. The van der Waals surface area contributed by atoms with Crippen molar-refractivity contribution in [1.82, 2.24) is 19.9 Å². The summed E-state index contributed by atoms with van der Waals surface area (Å²) in [7, 11) is 1.73. The van der Waals surface area contributed by atoms with Gasteiger partial charge in [-0.25, -0.2) is 15.0 Å². The zero-order valence-corrected chi connectivity index (χ0v) is 18.5. The lowest BCUT2D eigenvalue weighted by Crippen LogP contribution is -2.30. The van der Waals surface area contributed by atoms with Gasteiger partial charge in [-0.3, -0.25) is 0 Å². The zero-order chi connectivity index (χ0) is 22.7. The Morgan fingerprint density at radius 3 is 2.61 bits per heavy atom. The van der Waals surface area contributed by atoms with Gasteiger partial charge in [-0.05, 0) is 42.7 Å². The lowest BCUT2D eigenvalue weighted by atomic mass is 9.86. The molecule has 2 aromatic rings. The molecule has 7 rings (SSSR count). The number of alkyl halides is 2. The minimum atomic E-state index is -2.97. The molecular weight excluding hydrogens is 430 g/mol. The Morgan fingerprint density at radius 2 is 1.94 bits per heavy atom. The molecule has 5 aliphatic rings. The number of ether oxygens (including phenoxy) is 2. The van der Waals surface area contributed by atoms with Gasteiger partial charge in [0.1, 0.15) is 0 Å². The van der Waals surface area contributed by atoms with Crippen molar-refractivity contribution in [2.24, 2.45) is 17.8 Å². The molecule has 5 heterocycles. The molecular formula is C23H28F2N6O2. The number of pyridine rings is 1. The lowest BCUT2D eigenvalue weighted by molar-refractivity contribution is -0.0494. The third-order valence-electron chi connectivity index (χ3n) is 7.71. The van der Waals surface area contributed by atoms with Crippen LogP contribution in [0.1, 0.15) is 24.5 Å². The standard InChI is InChI=1S/C23H28F2N6O2/c1-32-3-2-30-10-15-16(11-30)20(15)18-7-17(13-6-19(33-22(24)25)21(26)27-8-13)28-23(29-18)31-9-12-4-14(31)5-12/h6-8,12,14-16,20,22H,2-5,9-11H2,1H3,(H2,26,27)/t12?,14?,15-,16+,20+. The number of rotatable bonds is 8. The Balaban J connectivity index is 1.31. The van der Waals surface area contributed by atoms with Crippen molar-refractivity contribution in [2.75, 3.05) is 50.5 Å². The van der Waals surface area contributed by atoms with Gasteiger partial charge in [0.25, 0.3) is 0 Å². The van der Waals surface area contributed by atoms with Crippen LogP contribution in [0.5, 0.6) is 5.75 Å². The second-order valence-corrected chi connectivity index (χ2v) is 9.71. The highest BCUT2D eigenvalue weighted by molar-refractivity contribution is 5.66. The van der Waals surface area contributed by atoms with Gasteiger partial charge in [-0.15, -0.1) is 0 Å². The second kappa shape index (κ2) is 8.02. The van der Waals surface area contributed by atoms with E-state index in [1.807, 2.05) is 6.07 Å². The van der Waals surface area contributed by atoms with E-state index in [4.69, 9.17) is 20.4 Å². The summed E-state index contributed by atoms with van der Waals surface area (Å²) in [6, 6.07) is 3.99. The molecule has 10 heteroatoms. The minimum Gasteiger partial charge on any atom is -0.431 e. The summed E-state index contributed by atoms with van der Waals surface area (Å²) >= 11 is 0. The second-order valence-electron chi connectivity index (χ2n) is 9.71. The van der Waals surface area contributed by atoms with E-state index in [0.29, 0.717) is 35.1 Å². The van der Waals surface area contributed by atoms with E-state index in [1.54, 1.807) is 13.3 Å². The van der Waals surface area contributed by atoms with Gasteiger partial charge in [0.05, 0.1) is 18.0 Å². The highest BCUT2D eigenvalue weighted by Gasteiger charge is 2.57. The average Bonchev–Trinajstić information content (AvgIpc) is 3.16. The quantitative estimate of drug-likeness (QED) is 0.646. The van der Waals surface area contributed by atoms with E-state index >= 15 is 0 Å². The first-order valence-corrected chi connectivity index (χ1v) is 11.6. The molecule has 176 valence electrons. The van der Waals surface area contributed by atoms with Crippen LogP contribution in [-0.2, 0) is 4.74 Å². The number of nitrogens with two attached hydrogens (primary N) is 1. The fourth-order valence-electron chi connectivity index (χ4n) is 5.92. The summed E-state index contributed by atoms with van der Waals surface area (Å²) in [6.07, 6.45) is 3.96. The highest BCUT2D eigenvalue weighted by atomic mass is 19.3. The van der Waals surface area contributed by atoms with Crippen LogP contribution in [-0.4, -0.2) is 72.4 Å². The predicted octanol–water partition coefficient (Wildman–Crippen LogP) is 2.61. The SMILES string of the molecule is COCCN1C[C@@H]2[C@H](C1)[C@H]2c1cc(-c2cnc(N)c(OC(F)F)c2)nc(N2CC3CC2C3)n1. The third kappa shape index (κ3) is 3.78. The molecule has 0 spiro atoms.